The van der Waals surface area contributed by atoms with Gasteiger partial charge in [0.2, 0.25) is 0 Å². The molecule has 2 aromatic heterocycles. The number of esters is 4. The molecule has 26 nitrogen and oxygen atoms in total. The summed E-state index contributed by atoms with van der Waals surface area (Å²) in [5, 5.41) is 14.0. The number of rotatable bonds is 18. The molecule has 0 aliphatic carbocycles. The Labute approximate surface area is 564 Å². The molecule has 2 N–H and O–H groups in total. The molecular weight excluding hydrogens is 1240 g/mol. The number of amides is 6. The van der Waals surface area contributed by atoms with Crippen LogP contribution in [0.1, 0.15) is 159 Å². The lowest BCUT2D eigenvalue weighted by atomic mass is 9.99. The molecule has 3 heterocycles. The number of ether oxygens (including phenoxy) is 6. The lowest BCUT2D eigenvalue weighted by Gasteiger charge is -2.35. The van der Waals surface area contributed by atoms with E-state index in [-0.39, 0.29) is 75.3 Å². The highest BCUT2D eigenvalue weighted by Crippen LogP contribution is 2.26. The summed E-state index contributed by atoms with van der Waals surface area (Å²) in [6.07, 6.45) is -1.62. The van der Waals surface area contributed by atoms with Gasteiger partial charge in [0, 0.05) is 53.4 Å². The molecular formula is C70H102N10O16. The zero-order valence-corrected chi connectivity index (χ0v) is 59.6. The minimum atomic E-state index is -1.61. The molecule has 26 heteroatoms. The lowest BCUT2D eigenvalue weighted by Crippen LogP contribution is -2.55. The van der Waals surface area contributed by atoms with Crippen LogP contribution in [0.2, 0.25) is 0 Å². The number of hydrogen-bond donors (Lipinski definition) is 2. The smallest absolute Gasteiger partial charge is 0.412 e. The van der Waals surface area contributed by atoms with Gasteiger partial charge in [-0.05, 0) is 127 Å². The maximum atomic E-state index is 15.2. The van der Waals surface area contributed by atoms with Crippen LogP contribution in [-0.2, 0) is 92.7 Å². The summed E-state index contributed by atoms with van der Waals surface area (Å²) in [7, 11) is 5.45. The van der Waals surface area contributed by atoms with Gasteiger partial charge in [0.25, 0.3) is 23.6 Å². The first-order valence-corrected chi connectivity index (χ1v) is 32.8. The minimum absolute atomic E-state index is 0.0344. The van der Waals surface area contributed by atoms with Gasteiger partial charge in [-0.3, -0.25) is 39.2 Å². The fourth-order valence-corrected chi connectivity index (χ4v) is 10.7. The molecule has 5 rings (SSSR count). The molecule has 0 bridgehead atoms. The van der Waals surface area contributed by atoms with Crippen molar-refractivity contribution in [2.75, 3.05) is 38.8 Å². The third-order valence-electron chi connectivity index (χ3n) is 15.6. The second kappa shape index (κ2) is 34.2. The molecule has 96 heavy (non-hydrogen) atoms. The quantitative estimate of drug-likeness (QED) is 0.0694. The number of nitrogens with one attached hydrogen (secondary N) is 2. The van der Waals surface area contributed by atoms with Crippen LogP contribution in [0.4, 0.5) is 21.0 Å². The number of carbonyl (C=O) groups is 10. The zero-order valence-electron chi connectivity index (χ0n) is 59.6. The molecule has 0 radical (unpaired) electrons. The average Bonchev–Trinajstić information content (AvgIpc) is 1.15. The second-order valence-corrected chi connectivity index (χ2v) is 28.5. The molecule has 0 unspecified atom stereocenters. The van der Waals surface area contributed by atoms with E-state index in [1.54, 1.807) is 112 Å². The highest BCUT2D eigenvalue weighted by atomic mass is 16.6. The molecule has 1 fully saturated rings. The van der Waals surface area contributed by atoms with E-state index in [4.69, 9.17) is 28.4 Å². The third-order valence-corrected chi connectivity index (χ3v) is 15.6. The van der Waals surface area contributed by atoms with E-state index in [1.807, 2.05) is 55.4 Å². The first-order chi connectivity index (χ1) is 44.7. The first kappa shape index (κ1) is 77.9. The Kier molecular flexibility index (Phi) is 27.7. The van der Waals surface area contributed by atoms with E-state index in [1.165, 1.54) is 54.4 Å². The normalized spacial score (nSPS) is 21.5. The fourth-order valence-electron chi connectivity index (χ4n) is 10.7. The van der Waals surface area contributed by atoms with Crippen LogP contribution < -0.4 is 10.6 Å². The molecule has 0 spiro atoms. The van der Waals surface area contributed by atoms with E-state index in [0.717, 1.165) is 30.7 Å². The van der Waals surface area contributed by atoms with E-state index in [0.29, 0.717) is 22.5 Å². The maximum absolute atomic E-state index is 15.2. The van der Waals surface area contributed by atoms with Gasteiger partial charge in [0.05, 0.1) is 36.9 Å². The maximum Gasteiger partial charge on any atom is 0.412 e. The Morgan fingerprint density at radius 2 is 0.698 bits per heavy atom. The van der Waals surface area contributed by atoms with E-state index >= 15 is 9.59 Å². The van der Waals surface area contributed by atoms with Crippen molar-refractivity contribution in [2.45, 2.75) is 222 Å². The van der Waals surface area contributed by atoms with E-state index in [9.17, 15) is 38.4 Å². The van der Waals surface area contributed by atoms with Crippen LogP contribution >= 0.6 is 0 Å². The number of carbonyl (C=O) groups excluding carboxylic acids is 10. The standard InChI is InChI=1S/C70H102N10O16/c1-41(2)29-53-63(85)91-45(9)59(81)75(17)56(32-44(7)8)66(88)94-58(34-48-23-27-50(28-24-48)38-80-40-52(36-72-80)74-68(90)96-70(14,15)16)62(84)78(20)54(30-42(3)4)64(86)92-46(10)60(82)76(18)55(31-43(5)6)65(87)93-57(61(83)77(53)19)33-47-21-25-49(26-22-47)37-79-39-51(35-71-79)73-67(89)95-69(11,12)13/h21-28,35-36,39-46,53-58H,29-34,37-38H2,1-20H3,(H,73,89)(H,74,90)/t45-,46-,53+,54+,55+,56+,57-,58-/m1/s1. The number of hydrogen-bond acceptors (Lipinski definition) is 18. The van der Waals surface area contributed by atoms with Crippen molar-refractivity contribution < 1.29 is 76.4 Å². The monoisotopic (exact) mass is 1340 g/mol. The van der Waals surface area contributed by atoms with E-state index < -0.39 is 119 Å². The number of nitrogens with zero attached hydrogens (tertiary/aromatic N) is 8. The number of benzene rings is 2. The van der Waals surface area contributed by atoms with Gasteiger partial charge in [0.15, 0.2) is 24.4 Å². The van der Waals surface area contributed by atoms with Gasteiger partial charge >= 0.3 is 36.1 Å². The van der Waals surface area contributed by atoms with Crippen molar-refractivity contribution in [3.05, 3.63) is 95.6 Å². The summed E-state index contributed by atoms with van der Waals surface area (Å²) in [6, 6.07) is 8.74. The Bertz CT molecular complexity index is 3090. The van der Waals surface area contributed by atoms with Crippen LogP contribution in [0, 0.1) is 23.7 Å². The van der Waals surface area contributed by atoms with Crippen molar-refractivity contribution >= 4 is 71.1 Å². The molecule has 1 saturated heterocycles. The molecule has 1 aliphatic rings. The predicted molar refractivity (Wildman–Crippen MR) is 358 cm³/mol. The number of anilines is 2. The van der Waals surface area contributed by atoms with Crippen LogP contribution in [0.15, 0.2) is 73.3 Å². The van der Waals surface area contributed by atoms with Gasteiger partial charge in [0.1, 0.15) is 35.4 Å². The summed E-state index contributed by atoms with van der Waals surface area (Å²) < 4.78 is 38.3. The SMILES string of the molecule is CC(C)C[C@H]1C(=O)O[C@H](Cc2ccc(Cn3cc(NC(=O)OC(C)(C)C)cn3)cc2)C(=O)N(C)[C@@H](CC(C)C)C(=O)O[C@H](C)C(=O)N(C)[C@@H](CC(C)C)C(=O)O[C@H](Cc2ccc(Cn3cc(NC(=O)OC(C)(C)C)cn3)cc2)C(=O)N(C)[C@@H](CC(C)C)C(=O)O[C@H](C)C(=O)N1C. The highest BCUT2D eigenvalue weighted by Gasteiger charge is 2.43. The first-order valence-electron chi connectivity index (χ1n) is 32.8. The van der Waals surface area contributed by atoms with Crippen LogP contribution in [-0.4, -0.2) is 187 Å². The van der Waals surface area contributed by atoms with Crippen molar-refractivity contribution in [3.8, 4) is 0 Å². The van der Waals surface area contributed by atoms with Crippen LogP contribution in [0.3, 0.4) is 0 Å². The highest BCUT2D eigenvalue weighted by molar-refractivity contribution is 5.95. The average molecular weight is 1340 g/mol. The van der Waals surface area contributed by atoms with Gasteiger partial charge in [-0.15, -0.1) is 0 Å². The van der Waals surface area contributed by atoms with Gasteiger partial charge in [-0.2, -0.15) is 10.2 Å². The van der Waals surface area contributed by atoms with Crippen molar-refractivity contribution in [1.29, 1.82) is 0 Å². The molecule has 0 saturated carbocycles. The zero-order chi connectivity index (χ0) is 71.8. The Hall–Kier alpha value is -8.84. The number of aromatic nitrogens is 4. The van der Waals surface area contributed by atoms with Crippen molar-refractivity contribution in [2.24, 2.45) is 23.7 Å². The summed E-state index contributed by atoms with van der Waals surface area (Å²) in [4.78, 5) is 148. The van der Waals surface area contributed by atoms with Gasteiger partial charge in [-0.25, -0.2) is 28.8 Å². The summed E-state index contributed by atoms with van der Waals surface area (Å²) in [5.41, 5.74) is 2.05. The third kappa shape index (κ3) is 23.8. The van der Waals surface area contributed by atoms with Crippen LogP contribution in [0.5, 0.6) is 0 Å². The summed E-state index contributed by atoms with van der Waals surface area (Å²) in [5.74, 6) is -8.01. The van der Waals surface area contributed by atoms with Gasteiger partial charge in [-0.1, -0.05) is 104 Å². The Balaban J connectivity index is 1.54. The molecule has 528 valence electrons. The minimum Gasteiger partial charge on any atom is -0.451 e. The van der Waals surface area contributed by atoms with Gasteiger partial charge < -0.3 is 48.0 Å². The molecule has 4 aromatic rings. The molecule has 6 amide bonds. The largest absolute Gasteiger partial charge is 0.451 e. The predicted octanol–water partition coefficient (Wildman–Crippen LogP) is 8.85. The number of cyclic esters (lactones) is 4. The fraction of sp³-hybridized carbons (Fsp3) is 0.600. The topological polar surface area (TPSA) is 299 Å². The second-order valence-electron chi connectivity index (χ2n) is 28.5. The summed E-state index contributed by atoms with van der Waals surface area (Å²) in [6.45, 7) is 28.4. The van der Waals surface area contributed by atoms with Crippen molar-refractivity contribution in [1.82, 2.24) is 39.2 Å². The lowest BCUT2D eigenvalue weighted by molar-refractivity contribution is -0.176. The summed E-state index contributed by atoms with van der Waals surface area (Å²) >= 11 is 0. The molecule has 2 aromatic carbocycles. The Morgan fingerprint density at radius 1 is 0.438 bits per heavy atom. The number of likely N-dealkylation sites (N-methyl/N-ethyl adjacent to an activating group) is 4. The van der Waals surface area contributed by atoms with Crippen LogP contribution in [0.25, 0.3) is 0 Å². The Morgan fingerprint density at radius 3 is 0.969 bits per heavy atom. The van der Waals surface area contributed by atoms with E-state index in [2.05, 4.69) is 20.8 Å². The molecule has 8 atom stereocenters. The van der Waals surface area contributed by atoms with Crippen molar-refractivity contribution in [3.63, 3.8) is 0 Å². The molecule has 1 aliphatic heterocycles.